The molecule has 4 rings (SSSR count). The number of nitrogens with zero attached hydrogens (tertiary/aromatic N) is 3. The number of aromatic nitrogens is 2. The zero-order chi connectivity index (χ0) is 19.5. The number of carbonyl (C=O) groups is 1. The molecule has 0 saturated carbocycles. The minimum atomic E-state index is -0.0656. The van der Waals surface area contributed by atoms with Crippen LogP contribution < -0.4 is 0 Å². The van der Waals surface area contributed by atoms with Crippen LogP contribution in [0, 0.1) is 13.8 Å². The Balaban J connectivity index is 1.43. The molecule has 0 radical (unpaired) electrons. The second-order valence-corrected chi connectivity index (χ2v) is 7.30. The van der Waals surface area contributed by atoms with Gasteiger partial charge >= 0.3 is 0 Å². The van der Waals surface area contributed by atoms with Crippen LogP contribution in [-0.4, -0.2) is 40.3 Å². The maximum absolute atomic E-state index is 13.0. The van der Waals surface area contributed by atoms with E-state index in [4.69, 9.17) is 4.74 Å². The average Bonchev–Trinajstić information content (AvgIpc) is 3.05. The number of ether oxygens (including phenoxy) is 1. The highest BCUT2D eigenvalue weighted by atomic mass is 16.5. The lowest BCUT2D eigenvalue weighted by atomic mass is 10.1. The fourth-order valence-corrected chi connectivity index (χ4v) is 3.65. The summed E-state index contributed by atoms with van der Waals surface area (Å²) < 4.78 is 7.86. The number of benzene rings is 2. The van der Waals surface area contributed by atoms with E-state index in [9.17, 15) is 4.79 Å². The van der Waals surface area contributed by atoms with Crippen LogP contribution in [0.25, 0.3) is 0 Å². The van der Waals surface area contributed by atoms with Crippen LogP contribution in [0.1, 0.15) is 39.0 Å². The molecule has 1 aliphatic heterocycles. The number of rotatable bonds is 4. The first-order valence-corrected chi connectivity index (χ1v) is 9.66. The van der Waals surface area contributed by atoms with E-state index in [0.29, 0.717) is 31.8 Å². The van der Waals surface area contributed by atoms with Gasteiger partial charge in [-0.25, -0.2) is 0 Å². The summed E-state index contributed by atoms with van der Waals surface area (Å²) >= 11 is 0. The molecule has 5 nitrogen and oxygen atoms in total. The van der Waals surface area contributed by atoms with Crippen molar-refractivity contribution in [2.24, 2.45) is 0 Å². The van der Waals surface area contributed by atoms with Gasteiger partial charge < -0.3 is 9.64 Å². The number of amides is 1. The molecule has 0 spiro atoms. The lowest BCUT2D eigenvalue weighted by molar-refractivity contribution is -0.0228. The summed E-state index contributed by atoms with van der Waals surface area (Å²) in [5.74, 6) is 0.0573. The summed E-state index contributed by atoms with van der Waals surface area (Å²) in [5, 5.41) is 4.50. The standard InChI is InChI=1S/C23H25N3O2/c1-17-14-18(2)26(24-17)15-19-8-10-21(11-9-19)23(27)25-12-13-28-22(16-25)20-6-4-3-5-7-20/h3-11,14,22H,12-13,15-16H2,1-2H3/t22-/m0/s1. The van der Waals surface area contributed by atoms with Crippen molar-refractivity contribution < 1.29 is 9.53 Å². The minimum absolute atomic E-state index is 0.0573. The van der Waals surface area contributed by atoms with Gasteiger partial charge in [-0.3, -0.25) is 9.48 Å². The molecular formula is C23H25N3O2. The van der Waals surface area contributed by atoms with Crippen molar-refractivity contribution in [1.82, 2.24) is 14.7 Å². The third kappa shape index (κ3) is 3.99. The van der Waals surface area contributed by atoms with Crippen molar-refractivity contribution in [2.45, 2.75) is 26.5 Å². The molecule has 144 valence electrons. The minimum Gasteiger partial charge on any atom is -0.370 e. The Morgan fingerprint density at radius 3 is 2.54 bits per heavy atom. The highest BCUT2D eigenvalue weighted by Crippen LogP contribution is 2.23. The van der Waals surface area contributed by atoms with Crippen LogP contribution >= 0.6 is 0 Å². The van der Waals surface area contributed by atoms with E-state index in [1.165, 1.54) is 0 Å². The van der Waals surface area contributed by atoms with Gasteiger partial charge in [-0.2, -0.15) is 5.10 Å². The Morgan fingerprint density at radius 2 is 1.86 bits per heavy atom. The van der Waals surface area contributed by atoms with Gasteiger partial charge in [0.15, 0.2) is 0 Å². The smallest absolute Gasteiger partial charge is 0.254 e. The molecule has 28 heavy (non-hydrogen) atoms. The van der Waals surface area contributed by atoms with Crippen LogP contribution in [0.15, 0.2) is 60.7 Å². The number of hydrogen-bond acceptors (Lipinski definition) is 3. The molecule has 1 amide bonds. The molecule has 1 saturated heterocycles. The first-order chi connectivity index (χ1) is 13.6. The van der Waals surface area contributed by atoms with Gasteiger partial charge in [-0.15, -0.1) is 0 Å². The van der Waals surface area contributed by atoms with Crippen molar-refractivity contribution in [3.63, 3.8) is 0 Å². The van der Waals surface area contributed by atoms with E-state index in [0.717, 1.165) is 22.5 Å². The molecule has 2 aromatic carbocycles. The highest BCUT2D eigenvalue weighted by molar-refractivity contribution is 5.94. The summed E-state index contributed by atoms with van der Waals surface area (Å²) in [6.45, 7) is 6.52. The molecule has 0 unspecified atom stereocenters. The molecule has 1 atom stereocenters. The van der Waals surface area contributed by atoms with Crippen LogP contribution in [0.2, 0.25) is 0 Å². The maximum Gasteiger partial charge on any atom is 0.254 e. The largest absolute Gasteiger partial charge is 0.370 e. The Kier molecular flexibility index (Phi) is 5.26. The Morgan fingerprint density at radius 1 is 1.11 bits per heavy atom. The summed E-state index contributed by atoms with van der Waals surface area (Å²) in [5.41, 5.74) is 5.11. The molecule has 0 bridgehead atoms. The second-order valence-electron chi connectivity index (χ2n) is 7.30. The van der Waals surface area contributed by atoms with E-state index in [1.807, 2.05) is 71.1 Å². The van der Waals surface area contributed by atoms with Crippen LogP contribution in [0.5, 0.6) is 0 Å². The van der Waals surface area contributed by atoms with E-state index < -0.39 is 0 Å². The Bertz CT molecular complexity index is 948. The first kappa shape index (κ1) is 18.4. The van der Waals surface area contributed by atoms with Crippen LogP contribution in [-0.2, 0) is 11.3 Å². The van der Waals surface area contributed by atoms with Gasteiger partial charge in [-0.1, -0.05) is 42.5 Å². The SMILES string of the molecule is Cc1cc(C)n(Cc2ccc(C(=O)N3CCO[C@H](c4ccccc4)C3)cc2)n1. The number of morpholine rings is 1. The first-order valence-electron chi connectivity index (χ1n) is 9.66. The summed E-state index contributed by atoms with van der Waals surface area (Å²) in [6.07, 6.45) is -0.0656. The van der Waals surface area contributed by atoms with Gasteiger partial charge in [0.1, 0.15) is 6.10 Å². The number of aryl methyl sites for hydroxylation is 2. The van der Waals surface area contributed by atoms with Gasteiger partial charge in [0.25, 0.3) is 5.91 Å². The molecule has 3 aromatic rings. The molecule has 5 heteroatoms. The highest BCUT2D eigenvalue weighted by Gasteiger charge is 2.26. The zero-order valence-corrected chi connectivity index (χ0v) is 16.3. The molecular weight excluding hydrogens is 350 g/mol. The van der Waals surface area contributed by atoms with Crippen molar-refractivity contribution in [3.05, 3.63) is 88.7 Å². The van der Waals surface area contributed by atoms with E-state index in [2.05, 4.69) is 18.1 Å². The molecule has 1 aliphatic rings. The number of hydrogen-bond donors (Lipinski definition) is 0. The average molecular weight is 375 g/mol. The molecule has 0 aliphatic carbocycles. The summed E-state index contributed by atoms with van der Waals surface area (Å²) in [6, 6.07) is 20.0. The molecule has 2 heterocycles. The fourth-order valence-electron chi connectivity index (χ4n) is 3.65. The fraction of sp³-hybridized carbons (Fsp3) is 0.304. The Hall–Kier alpha value is -2.92. The zero-order valence-electron chi connectivity index (χ0n) is 16.3. The van der Waals surface area contributed by atoms with Gasteiger partial charge in [0.05, 0.1) is 25.4 Å². The quantitative estimate of drug-likeness (QED) is 0.698. The predicted molar refractivity (Wildman–Crippen MR) is 108 cm³/mol. The topological polar surface area (TPSA) is 47.4 Å². The lowest BCUT2D eigenvalue weighted by Crippen LogP contribution is -2.42. The monoisotopic (exact) mass is 375 g/mol. The van der Waals surface area contributed by atoms with Crippen molar-refractivity contribution in [2.75, 3.05) is 19.7 Å². The van der Waals surface area contributed by atoms with Gasteiger partial charge in [-0.05, 0) is 43.2 Å². The summed E-state index contributed by atoms with van der Waals surface area (Å²) in [7, 11) is 0. The maximum atomic E-state index is 13.0. The van der Waals surface area contributed by atoms with E-state index in [1.54, 1.807) is 0 Å². The lowest BCUT2D eigenvalue weighted by Gasteiger charge is -2.33. The molecule has 0 N–H and O–H groups in total. The van der Waals surface area contributed by atoms with Crippen LogP contribution in [0.4, 0.5) is 0 Å². The third-order valence-corrected chi connectivity index (χ3v) is 5.16. The summed E-state index contributed by atoms with van der Waals surface area (Å²) in [4.78, 5) is 14.8. The Labute approximate surface area is 165 Å². The van der Waals surface area contributed by atoms with Crippen LogP contribution in [0.3, 0.4) is 0 Å². The van der Waals surface area contributed by atoms with E-state index >= 15 is 0 Å². The molecule has 1 fully saturated rings. The number of carbonyl (C=O) groups excluding carboxylic acids is 1. The predicted octanol–water partition coefficient (Wildman–Crippen LogP) is 3.76. The normalized spacial score (nSPS) is 16.9. The van der Waals surface area contributed by atoms with E-state index in [-0.39, 0.29) is 12.0 Å². The van der Waals surface area contributed by atoms with Crippen molar-refractivity contribution in [1.29, 1.82) is 0 Å². The van der Waals surface area contributed by atoms with Crippen molar-refractivity contribution in [3.8, 4) is 0 Å². The van der Waals surface area contributed by atoms with Gasteiger partial charge in [0.2, 0.25) is 0 Å². The van der Waals surface area contributed by atoms with Gasteiger partial charge in [0, 0.05) is 17.8 Å². The van der Waals surface area contributed by atoms with Crippen molar-refractivity contribution >= 4 is 5.91 Å². The third-order valence-electron chi connectivity index (χ3n) is 5.16. The second kappa shape index (κ2) is 7.98. The molecule has 1 aromatic heterocycles.